The standard InChI is InChI=1S/C15H20FN3O3/c1-3-18(4-2)14(20)17-9-13-10-19(15(21)22-13)12-7-5-11(16)6-8-12/h5-8,13H,3-4,9-10H2,1-2H3,(H,17,20). The van der Waals surface area contributed by atoms with E-state index >= 15 is 0 Å². The second-order valence-corrected chi connectivity index (χ2v) is 4.95. The fourth-order valence-corrected chi connectivity index (χ4v) is 2.28. The Morgan fingerprint density at radius 2 is 2.00 bits per heavy atom. The van der Waals surface area contributed by atoms with Crippen molar-refractivity contribution in [3.05, 3.63) is 30.1 Å². The third-order valence-corrected chi connectivity index (χ3v) is 3.54. The number of rotatable bonds is 5. The van der Waals surface area contributed by atoms with E-state index in [1.54, 1.807) is 4.90 Å². The number of amides is 3. The summed E-state index contributed by atoms with van der Waals surface area (Å²) in [5.41, 5.74) is 0.573. The molecule has 0 bridgehead atoms. The number of benzene rings is 1. The van der Waals surface area contributed by atoms with Gasteiger partial charge in [0.25, 0.3) is 0 Å². The van der Waals surface area contributed by atoms with Crippen molar-refractivity contribution in [3.63, 3.8) is 0 Å². The Morgan fingerprint density at radius 3 is 2.59 bits per heavy atom. The molecule has 0 radical (unpaired) electrons. The van der Waals surface area contributed by atoms with Crippen molar-refractivity contribution in [3.8, 4) is 0 Å². The molecule has 1 aliphatic rings. The lowest BCUT2D eigenvalue weighted by Crippen LogP contribution is -2.43. The van der Waals surface area contributed by atoms with Crippen molar-refractivity contribution in [2.45, 2.75) is 20.0 Å². The smallest absolute Gasteiger partial charge is 0.414 e. The Morgan fingerprint density at radius 1 is 1.36 bits per heavy atom. The van der Waals surface area contributed by atoms with E-state index in [2.05, 4.69) is 5.32 Å². The van der Waals surface area contributed by atoms with E-state index in [-0.39, 0.29) is 18.4 Å². The van der Waals surface area contributed by atoms with Gasteiger partial charge in [-0.25, -0.2) is 14.0 Å². The lowest BCUT2D eigenvalue weighted by Gasteiger charge is -2.20. The third kappa shape index (κ3) is 3.66. The molecule has 0 spiro atoms. The van der Waals surface area contributed by atoms with E-state index in [9.17, 15) is 14.0 Å². The molecule has 1 unspecified atom stereocenters. The van der Waals surface area contributed by atoms with E-state index in [4.69, 9.17) is 4.74 Å². The molecule has 2 rings (SSSR count). The molecule has 1 fully saturated rings. The van der Waals surface area contributed by atoms with Gasteiger partial charge in [-0.15, -0.1) is 0 Å². The molecule has 1 atom stereocenters. The monoisotopic (exact) mass is 309 g/mol. The summed E-state index contributed by atoms with van der Waals surface area (Å²) in [6.07, 6.45) is -0.911. The van der Waals surface area contributed by atoms with Crippen LogP contribution in [0.15, 0.2) is 24.3 Å². The molecule has 0 saturated carbocycles. The molecule has 1 aromatic rings. The summed E-state index contributed by atoms with van der Waals surface area (Å²) in [5, 5.41) is 2.75. The summed E-state index contributed by atoms with van der Waals surface area (Å²) in [6.45, 7) is 5.61. The third-order valence-electron chi connectivity index (χ3n) is 3.54. The number of halogens is 1. The average Bonchev–Trinajstić information content (AvgIpc) is 2.88. The quantitative estimate of drug-likeness (QED) is 0.907. The normalized spacial score (nSPS) is 17.3. The van der Waals surface area contributed by atoms with Gasteiger partial charge in [-0.2, -0.15) is 0 Å². The van der Waals surface area contributed by atoms with E-state index in [1.165, 1.54) is 29.2 Å². The summed E-state index contributed by atoms with van der Waals surface area (Å²) in [6, 6.07) is 5.44. The molecule has 1 aromatic carbocycles. The number of hydrogen-bond donors (Lipinski definition) is 1. The Bertz CT molecular complexity index is 531. The van der Waals surface area contributed by atoms with Crippen LogP contribution in [0, 0.1) is 5.82 Å². The van der Waals surface area contributed by atoms with Crippen molar-refractivity contribution in [2.75, 3.05) is 31.1 Å². The van der Waals surface area contributed by atoms with Gasteiger partial charge in [-0.3, -0.25) is 4.90 Å². The summed E-state index contributed by atoms with van der Waals surface area (Å²) >= 11 is 0. The van der Waals surface area contributed by atoms with Gasteiger partial charge in [-0.1, -0.05) is 0 Å². The van der Waals surface area contributed by atoms with Crippen LogP contribution in [0.3, 0.4) is 0 Å². The minimum absolute atomic E-state index is 0.179. The number of carbonyl (C=O) groups is 2. The van der Waals surface area contributed by atoms with Crippen molar-refractivity contribution < 1.29 is 18.7 Å². The number of hydrogen-bond acceptors (Lipinski definition) is 3. The van der Waals surface area contributed by atoms with Gasteiger partial charge < -0.3 is 15.0 Å². The number of ether oxygens (including phenoxy) is 1. The first-order valence-corrected chi connectivity index (χ1v) is 7.31. The number of nitrogens with zero attached hydrogens (tertiary/aromatic N) is 2. The van der Waals surface area contributed by atoms with E-state index in [0.717, 1.165) is 0 Å². The topological polar surface area (TPSA) is 61.9 Å². The van der Waals surface area contributed by atoms with Crippen LogP contribution >= 0.6 is 0 Å². The first-order chi connectivity index (χ1) is 10.5. The number of carbonyl (C=O) groups excluding carboxylic acids is 2. The summed E-state index contributed by atoms with van der Waals surface area (Å²) < 4.78 is 18.1. The lowest BCUT2D eigenvalue weighted by molar-refractivity contribution is 0.138. The molecular formula is C15H20FN3O3. The molecule has 120 valence electrons. The highest BCUT2D eigenvalue weighted by Gasteiger charge is 2.32. The van der Waals surface area contributed by atoms with Gasteiger partial charge in [0.2, 0.25) is 0 Å². The molecule has 7 heteroatoms. The summed E-state index contributed by atoms with van der Waals surface area (Å²) in [5.74, 6) is -0.362. The first-order valence-electron chi connectivity index (χ1n) is 7.31. The zero-order valence-corrected chi connectivity index (χ0v) is 12.7. The molecule has 22 heavy (non-hydrogen) atoms. The van der Waals surface area contributed by atoms with Crippen LogP contribution in [0.1, 0.15) is 13.8 Å². The van der Waals surface area contributed by atoms with Crippen molar-refractivity contribution in [1.29, 1.82) is 0 Å². The minimum atomic E-state index is -0.492. The predicted octanol–water partition coefficient (Wildman–Crippen LogP) is 2.20. The molecule has 0 aromatic heterocycles. The van der Waals surface area contributed by atoms with Gasteiger partial charge in [0, 0.05) is 18.8 Å². The fraction of sp³-hybridized carbons (Fsp3) is 0.467. The highest BCUT2D eigenvalue weighted by Crippen LogP contribution is 2.21. The van der Waals surface area contributed by atoms with Crippen LogP contribution in [0.5, 0.6) is 0 Å². The van der Waals surface area contributed by atoms with Gasteiger partial charge in [0.05, 0.1) is 13.1 Å². The molecular weight excluding hydrogens is 289 g/mol. The van der Waals surface area contributed by atoms with Crippen LogP contribution < -0.4 is 10.2 Å². The van der Waals surface area contributed by atoms with Crippen molar-refractivity contribution in [2.24, 2.45) is 0 Å². The number of cyclic esters (lactones) is 1. The number of urea groups is 1. The summed E-state index contributed by atoms with van der Waals surface area (Å²) in [7, 11) is 0. The molecule has 1 N–H and O–H groups in total. The van der Waals surface area contributed by atoms with Crippen LogP contribution in [0.25, 0.3) is 0 Å². The van der Waals surface area contributed by atoms with Gasteiger partial charge in [0.15, 0.2) is 0 Å². The maximum absolute atomic E-state index is 12.9. The average molecular weight is 309 g/mol. The van der Waals surface area contributed by atoms with Gasteiger partial charge in [-0.05, 0) is 38.1 Å². The predicted molar refractivity (Wildman–Crippen MR) is 80.3 cm³/mol. The van der Waals surface area contributed by atoms with E-state index < -0.39 is 12.2 Å². The maximum atomic E-state index is 12.9. The largest absolute Gasteiger partial charge is 0.442 e. The number of nitrogens with one attached hydrogen (secondary N) is 1. The molecule has 6 nitrogen and oxygen atoms in total. The minimum Gasteiger partial charge on any atom is -0.442 e. The van der Waals surface area contributed by atoms with Crippen LogP contribution in [0.4, 0.5) is 19.7 Å². The van der Waals surface area contributed by atoms with E-state index in [0.29, 0.717) is 25.3 Å². The zero-order valence-electron chi connectivity index (χ0n) is 12.7. The summed E-state index contributed by atoms with van der Waals surface area (Å²) in [4.78, 5) is 26.8. The SMILES string of the molecule is CCN(CC)C(=O)NCC1CN(c2ccc(F)cc2)C(=O)O1. The molecule has 3 amide bonds. The van der Waals surface area contributed by atoms with E-state index in [1.807, 2.05) is 13.8 Å². The first kappa shape index (κ1) is 16.1. The zero-order chi connectivity index (χ0) is 16.1. The Balaban J connectivity index is 1.90. The molecule has 0 aliphatic carbocycles. The maximum Gasteiger partial charge on any atom is 0.414 e. The number of anilines is 1. The Kier molecular flexibility index (Phi) is 5.19. The fourth-order valence-electron chi connectivity index (χ4n) is 2.28. The van der Waals surface area contributed by atoms with Crippen LogP contribution in [-0.4, -0.2) is 49.3 Å². The van der Waals surface area contributed by atoms with Crippen LogP contribution in [-0.2, 0) is 4.74 Å². The van der Waals surface area contributed by atoms with Crippen molar-refractivity contribution >= 4 is 17.8 Å². The lowest BCUT2D eigenvalue weighted by atomic mass is 10.2. The molecule has 1 saturated heterocycles. The Labute approximate surface area is 128 Å². The van der Waals surface area contributed by atoms with Crippen LogP contribution in [0.2, 0.25) is 0 Å². The Hall–Kier alpha value is -2.31. The second-order valence-electron chi connectivity index (χ2n) is 4.95. The molecule has 1 heterocycles. The highest BCUT2D eigenvalue weighted by molar-refractivity contribution is 5.89. The van der Waals surface area contributed by atoms with Crippen molar-refractivity contribution in [1.82, 2.24) is 10.2 Å². The van der Waals surface area contributed by atoms with Gasteiger partial charge in [0.1, 0.15) is 11.9 Å². The highest BCUT2D eigenvalue weighted by atomic mass is 19.1. The second kappa shape index (κ2) is 7.11. The molecule has 1 aliphatic heterocycles. The van der Waals surface area contributed by atoms with Gasteiger partial charge >= 0.3 is 12.1 Å².